The SMILES string of the molecule is CCNCC1CCN(S(=O)(=O)Nc2cnccc2C)CC1. The number of rotatable bonds is 6. The molecule has 1 aromatic heterocycles. The van der Waals surface area contributed by atoms with Crippen LogP contribution >= 0.6 is 0 Å². The quantitative estimate of drug-likeness (QED) is 0.832. The van der Waals surface area contributed by atoms with Crippen molar-refractivity contribution >= 4 is 15.9 Å². The van der Waals surface area contributed by atoms with Gasteiger partial charge in [-0.25, -0.2) is 0 Å². The molecule has 0 bridgehead atoms. The minimum absolute atomic E-state index is 0.548. The van der Waals surface area contributed by atoms with E-state index < -0.39 is 10.2 Å². The number of nitrogens with zero attached hydrogens (tertiary/aromatic N) is 2. The third-order valence-electron chi connectivity index (χ3n) is 3.87. The van der Waals surface area contributed by atoms with Gasteiger partial charge in [0.25, 0.3) is 0 Å². The first kappa shape index (κ1) is 16.2. The second kappa shape index (κ2) is 7.20. The van der Waals surface area contributed by atoms with Crippen molar-refractivity contribution < 1.29 is 8.42 Å². The van der Waals surface area contributed by atoms with Crippen molar-refractivity contribution in [3.63, 3.8) is 0 Å². The molecule has 2 N–H and O–H groups in total. The molecule has 0 unspecified atom stereocenters. The fourth-order valence-corrected chi connectivity index (χ4v) is 3.79. The Morgan fingerprint density at radius 1 is 1.38 bits per heavy atom. The Morgan fingerprint density at radius 2 is 2.10 bits per heavy atom. The number of pyridine rings is 1. The second-order valence-electron chi connectivity index (χ2n) is 5.45. The van der Waals surface area contributed by atoms with Gasteiger partial charge in [-0.2, -0.15) is 12.7 Å². The van der Waals surface area contributed by atoms with E-state index >= 15 is 0 Å². The van der Waals surface area contributed by atoms with Gasteiger partial charge in [-0.3, -0.25) is 9.71 Å². The van der Waals surface area contributed by atoms with E-state index in [2.05, 4.69) is 21.9 Å². The summed E-state index contributed by atoms with van der Waals surface area (Å²) >= 11 is 0. The molecule has 0 aliphatic carbocycles. The highest BCUT2D eigenvalue weighted by Gasteiger charge is 2.28. The molecule has 6 nitrogen and oxygen atoms in total. The van der Waals surface area contributed by atoms with Crippen molar-refractivity contribution in [3.8, 4) is 0 Å². The van der Waals surface area contributed by atoms with Crippen LogP contribution < -0.4 is 10.0 Å². The largest absolute Gasteiger partial charge is 0.317 e. The average Bonchev–Trinajstić information content (AvgIpc) is 2.48. The first-order chi connectivity index (χ1) is 10.0. The van der Waals surface area contributed by atoms with Crippen molar-refractivity contribution in [2.75, 3.05) is 30.9 Å². The molecule has 0 aromatic carbocycles. The number of anilines is 1. The van der Waals surface area contributed by atoms with Crippen LogP contribution in [0, 0.1) is 12.8 Å². The fraction of sp³-hybridized carbons (Fsp3) is 0.643. The van der Waals surface area contributed by atoms with Gasteiger partial charge in [-0.15, -0.1) is 0 Å². The molecule has 2 rings (SSSR count). The topological polar surface area (TPSA) is 74.3 Å². The van der Waals surface area contributed by atoms with Crippen LogP contribution in [0.3, 0.4) is 0 Å². The third-order valence-corrected chi connectivity index (χ3v) is 5.40. The summed E-state index contributed by atoms with van der Waals surface area (Å²) in [6.45, 7) is 7.03. The molecule has 1 aliphatic rings. The van der Waals surface area contributed by atoms with E-state index in [1.807, 2.05) is 6.92 Å². The predicted molar refractivity (Wildman–Crippen MR) is 84.4 cm³/mol. The Kier molecular flexibility index (Phi) is 5.55. The first-order valence-corrected chi connectivity index (χ1v) is 8.86. The predicted octanol–water partition coefficient (Wildman–Crippen LogP) is 1.37. The van der Waals surface area contributed by atoms with Gasteiger partial charge in [-0.05, 0) is 50.4 Å². The van der Waals surface area contributed by atoms with Crippen molar-refractivity contribution in [1.82, 2.24) is 14.6 Å². The lowest BCUT2D eigenvalue weighted by Gasteiger charge is -2.31. The zero-order valence-electron chi connectivity index (χ0n) is 12.7. The second-order valence-corrected chi connectivity index (χ2v) is 7.12. The summed E-state index contributed by atoms with van der Waals surface area (Å²) in [6, 6.07) is 1.79. The zero-order chi connectivity index (χ0) is 15.3. The molecule has 1 aliphatic heterocycles. The number of nitrogens with one attached hydrogen (secondary N) is 2. The molecule has 7 heteroatoms. The van der Waals surface area contributed by atoms with Crippen LogP contribution in [0.5, 0.6) is 0 Å². The van der Waals surface area contributed by atoms with Crippen LogP contribution in [0.1, 0.15) is 25.3 Å². The molecule has 118 valence electrons. The molecule has 0 atom stereocenters. The molecule has 21 heavy (non-hydrogen) atoms. The maximum atomic E-state index is 12.4. The molecule has 1 aromatic rings. The normalized spacial score (nSPS) is 17.8. The lowest BCUT2D eigenvalue weighted by molar-refractivity contribution is 0.269. The minimum Gasteiger partial charge on any atom is -0.317 e. The van der Waals surface area contributed by atoms with Crippen molar-refractivity contribution in [2.45, 2.75) is 26.7 Å². The van der Waals surface area contributed by atoms with Crippen LogP contribution in [0.2, 0.25) is 0 Å². The van der Waals surface area contributed by atoms with Crippen molar-refractivity contribution in [3.05, 3.63) is 24.0 Å². The highest BCUT2D eigenvalue weighted by atomic mass is 32.2. The van der Waals surface area contributed by atoms with E-state index in [9.17, 15) is 8.42 Å². The summed E-state index contributed by atoms with van der Waals surface area (Å²) in [5, 5.41) is 3.33. The standard InChI is InChI=1S/C14H24N4O2S/c1-3-15-10-13-5-8-18(9-6-13)21(19,20)17-14-11-16-7-4-12(14)2/h4,7,11,13,15,17H,3,5-6,8-10H2,1-2H3. The van der Waals surface area contributed by atoms with Gasteiger partial charge < -0.3 is 5.32 Å². The van der Waals surface area contributed by atoms with E-state index in [1.165, 1.54) is 4.31 Å². The lowest BCUT2D eigenvalue weighted by atomic mass is 9.98. The summed E-state index contributed by atoms with van der Waals surface area (Å²) in [6.07, 6.45) is 5.00. The molecule has 2 heterocycles. The van der Waals surface area contributed by atoms with E-state index in [0.717, 1.165) is 31.5 Å². The Bertz CT molecular complexity index is 554. The van der Waals surface area contributed by atoms with Gasteiger partial charge in [0, 0.05) is 19.3 Å². The van der Waals surface area contributed by atoms with Gasteiger partial charge in [0.2, 0.25) is 0 Å². The van der Waals surface area contributed by atoms with Crippen LogP contribution in [0.25, 0.3) is 0 Å². The van der Waals surface area contributed by atoms with Crippen LogP contribution in [0.4, 0.5) is 5.69 Å². The number of piperidine rings is 1. The van der Waals surface area contributed by atoms with E-state index in [-0.39, 0.29) is 0 Å². The van der Waals surface area contributed by atoms with Gasteiger partial charge in [0.1, 0.15) is 0 Å². The molecule has 1 saturated heterocycles. The number of aromatic nitrogens is 1. The Labute approximate surface area is 127 Å². The summed E-state index contributed by atoms with van der Waals surface area (Å²) < 4.78 is 29.0. The molecule has 0 radical (unpaired) electrons. The summed E-state index contributed by atoms with van der Waals surface area (Å²) in [5.74, 6) is 0.566. The van der Waals surface area contributed by atoms with Crippen molar-refractivity contribution in [1.29, 1.82) is 0 Å². The minimum atomic E-state index is -3.48. The monoisotopic (exact) mass is 312 g/mol. The van der Waals surface area contributed by atoms with Crippen LogP contribution in [0.15, 0.2) is 18.5 Å². The highest BCUT2D eigenvalue weighted by Crippen LogP contribution is 2.21. The Morgan fingerprint density at radius 3 is 2.71 bits per heavy atom. The maximum absolute atomic E-state index is 12.4. The van der Waals surface area contributed by atoms with Gasteiger partial charge in [0.05, 0.1) is 11.9 Å². The van der Waals surface area contributed by atoms with E-state index in [1.54, 1.807) is 18.5 Å². The molecular formula is C14H24N4O2S. The Balaban J connectivity index is 1.94. The van der Waals surface area contributed by atoms with Gasteiger partial charge in [-0.1, -0.05) is 6.92 Å². The molecule has 0 spiro atoms. The maximum Gasteiger partial charge on any atom is 0.301 e. The smallest absolute Gasteiger partial charge is 0.301 e. The highest BCUT2D eigenvalue weighted by molar-refractivity contribution is 7.90. The molecule has 1 fully saturated rings. The van der Waals surface area contributed by atoms with Crippen LogP contribution in [-0.2, 0) is 10.2 Å². The number of aryl methyl sites for hydroxylation is 1. The number of hydrogen-bond acceptors (Lipinski definition) is 4. The molecule has 0 amide bonds. The molecule has 0 saturated carbocycles. The zero-order valence-corrected chi connectivity index (χ0v) is 13.5. The van der Waals surface area contributed by atoms with E-state index in [4.69, 9.17) is 0 Å². The van der Waals surface area contributed by atoms with Crippen LogP contribution in [-0.4, -0.2) is 43.9 Å². The average molecular weight is 312 g/mol. The first-order valence-electron chi connectivity index (χ1n) is 7.42. The van der Waals surface area contributed by atoms with Gasteiger partial charge in [0.15, 0.2) is 0 Å². The molecular weight excluding hydrogens is 288 g/mol. The summed E-state index contributed by atoms with van der Waals surface area (Å²) in [4.78, 5) is 3.97. The van der Waals surface area contributed by atoms with Gasteiger partial charge >= 0.3 is 10.2 Å². The lowest BCUT2D eigenvalue weighted by Crippen LogP contribution is -2.43. The third kappa shape index (κ3) is 4.39. The summed E-state index contributed by atoms with van der Waals surface area (Å²) in [7, 11) is -3.48. The van der Waals surface area contributed by atoms with Crippen molar-refractivity contribution in [2.24, 2.45) is 5.92 Å². The Hall–Kier alpha value is -1.18. The van der Waals surface area contributed by atoms with E-state index in [0.29, 0.717) is 24.7 Å². The fourth-order valence-electron chi connectivity index (χ4n) is 2.48. The number of hydrogen-bond donors (Lipinski definition) is 2. The summed E-state index contributed by atoms with van der Waals surface area (Å²) in [5.41, 5.74) is 1.42.